The summed E-state index contributed by atoms with van der Waals surface area (Å²) < 4.78 is 29.7. The first-order valence-electron chi connectivity index (χ1n) is 5.47. The summed E-state index contributed by atoms with van der Waals surface area (Å²) in [5.41, 5.74) is 1.14. The van der Waals surface area contributed by atoms with Gasteiger partial charge in [0, 0.05) is 0 Å². The highest BCUT2D eigenvalue weighted by Crippen LogP contribution is 2.22. The summed E-state index contributed by atoms with van der Waals surface area (Å²) >= 11 is 0.714. The number of carbonyl (C=O) groups excluding carboxylic acids is 1. The molecule has 99 valence electrons. The van der Waals surface area contributed by atoms with Crippen molar-refractivity contribution in [3.05, 3.63) is 45.9 Å². The summed E-state index contributed by atoms with van der Waals surface area (Å²) in [6.07, 6.45) is -2.81. The molecule has 1 aromatic heterocycles. The third-order valence-electron chi connectivity index (χ3n) is 2.24. The van der Waals surface area contributed by atoms with E-state index in [1.807, 2.05) is 13.0 Å². The van der Waals surface area contributed by atoms with Crippen molar-refractivity contribution in [2.24, 2.45) is 0 Å². The highest BCUT2D eigenvalue weighted by Gasteiger charge is 2.15. The molecule has 0 saturated carbocycles. The molecular formula is C13H10F2NO2S. The van der Waals surface area contributed by atoms with Gasteiger partial charge in [0.05, 0.1) is 17.5 Å². The minimum atomic E-state index is -2.64. The van der Waals surface area contributed by atoms with Crippen molar-refractivity contribution in [3.8, 4) is 5.75 Å². The van der Waals surface area contributed by atoms with E-state index < -0.39 is 12.4 Å². The van der Waals surface area contributed by atoms with Crippen molar-refractivity contribution in [3.63, 3.8) is 0 Å². The zero-order valence-corrected chi connectivity index (χ0v) is 10.8. The van der Waals surface area contributed by atoms with Crippen molar-refractivity contribution in [2.45, 2.75) is 19.8 Å². The lowest BCUT2D eigenvalue weighted by molar-refractivity contribution is -0.133. The Labute approximate surface area is 112 Å². The number of hydrogen-bond donors (Lipinski definition) is 0. The molecule has 1 heterocycles. The van der Waals surface area contributed by atoms with Crippen LogP contribution in [0.15, 0.2) is 24.3 Å². The number of carbonyl (C=O) groups is 1. The second-order valence-corrected chi connectivity index (χ2v) is 4.70. The monoisotopic (exact) mass is 282 g/mol. The van der Waals surface area contributed by atoms with E-state index in [0.29, 0.717) is 17.1 Å². The molecule has 0 atom stereocenters. The molecule has 0 aliphatic heterocycles. The fourth-order valence-electron chi connectivity index (χ4n) is 1.44. The van der Waals surface area contributed by atoms with Crippen LogP contribution in [0.4, 0.5) is 8.78 Å². The van der Waals surface area contributed by atoms with E-state index in [0.717, 1.165) is 5.56 Å². The van der Waals surface area contributed by atoms with E-state index in [-0.39, 0.29) is 17.1 Å². The second-order valence-electron chi connectivity index (χ2n) is 3.87. The number of alkyl halides is 2. The van der Waals surface area contributed by atoms with Gasteiger partial charge in [-0.1, -0.05) is 12.1 Å². The van der Waals surface area contributed by atoms with Gasteiger partial charge in [-0.25, -0.2) is 13.8 Å². The van der Waals surface area contributed by atoms with Crippen LogP contribution in [-0.4, -0.2) is 11.0 Å². The Hall–Kier alpha value is -1.82. The summed E-state index contributed by atoms with van der Waals surface area (Å²) in [7, 11) is 0. The topological polar surface area (TPSA) is 39.2 Å². The Bertz CT molecular complexity index is 584. The normalized spacial score (nSPS) is 10.7. The Kier molecular flexibility index (Phi) is 4.21. The van der Waals surface area contributed by atoms with Crippen LogP contribution >= 0.6 is 11.3 Å². The zero-order chi connectivity index (χ0) is 13.8. The summed E-state index contributed by atoms with van der Waals surface area (Å²) in [4.78, 5) is 15.2. The quantitative estimate of drug-likeness (QED) is 0.637. The van der Waals surface area contributed by atoms with Crippen molar-refractivity contribution in [1.82, 2.24) is 4.98 Å². The first-order valence-corrected chi connectivity index (χ1v) is 6.29. The van der Waals surface area contributed by atoms with Gasteiger partial charge >= 0.3 is 5.97 Å². The van der Waals surface area contributed by atoms with Gasteiger partial charge in [-0.15, -0.1) is 11.3 Å². The second kappa shape index (κ2) is 5.88. The molecular weight excluding hydrogens is 272 g/mol. The third-order valence-corrected chi connectivity index (χ3v) is 3.05. The van der Waals surface area contributed by atoms with Crippen LogP contribution in [-0.2, 0) is 11.2 Å². The van der Waals surface area contributed by atoms with E-state index in [9.17, 15) is 13.6 Å². The van der Waals surface area contributed by atoms with Gasteiger partial charge in [0.2, 0.25) is 0 Å². The van der Waals surface area contributed by atoms with Gasteiger partial charge in [0.15, 0.2) is 5.01 Å². The van der Waals surface area contributed by atoms with E-state index in [1.165, 1.54) is 0 Å². The molecule has 2 aromatic rings. The molecule has 0 aliphatic rings. The van der Waals surface area contributed by atoms with Crippen LogP contribution in [0.3, 0.4) is 0 Å². The molecule has 0 N–H and O–H groups in total. The summed E-state index contributed by atoms with van der Waals surface area (Å²) in [5, 5.41) is 2.23. The van der Waals surface area contributed by atoms with Gasteiger partial charge in [-0.3, -0.25) is 4.79 Å². The van der Waals surface area contributed by atoms with Crippen molar-refractivity contribution < 1.29 is 18.3 Å². The number of thiazole rings is 1. The molecule has 0 unspecified atom stereocenters. The van der Waals surface area contributed by atoms with Crippen LogP contribution in [0.25, 0.3) is 0 Å². The maximum atomic E-state index is 12.3. The lowest BCUT2D eigenvalue weighted by atomic mass is 10.2. The van der Waals surface area contributed by atoms with Gasteiger partial charge in [-0.2, -0.15) is 0 Å². The molecule has 1 radical (unpaired) electrons. The van der Waals surface area contributed by atoms with Gasteiger partial charge in [0.25, 0.3) is 6.43 Å². The third kappa shape index (κ3) is 3.82. The van der Waals surface area contributed by atoms with E-state index in [1.54, 1.807) is 18.2 Å². The Balaban J connectivity index is 1.97. The number of nitrogens with zero attached hydrogens (tertiary/aromatic N) is 1. The number of benzene rings is 1. The van der Waals surface area contributed by atoms with Crippen LogP contribution in [0.5, 0.6) is 5.75 Å². The van der Waals surface area contributed by atoms with Gasteiger partial charge in [-0.05, 0) is 24.6 Å². The molecule has 0 fully saturated rings. The number of aromatic nitrogens is 1. The molecule has 0 saturated heterocycles. The molecule has 0 spiro atoms. The first-order chi connectivity index (χ1) is 9.04. The SMILES string of the molecule is Cc1cccc(OC(=O)Cc2[c]sc(C(F)F)n2)c1. The largest absolute Gasteiger partial charge is 0.426 e. The standard InChI is InChI=1S/C13H10F2NO2S/c1-8-3-2-4-10(5-8)18-11(17)6-9-7-19-13(16-9)12(14)15/h2-5,12H,6H2,1H3. The number of hydrogen-bond acceptors (Lipinski definition) is 4. The minimum Gasteiger partial charge on any atom is -0.426 e. The number of esters is 1. The van der Waals surface area contributed by atoms with Crippen molar-refractivity contribution in [2.75, 3.05) is 0 Å². The number of aryl methyl sites for hydroxylation is 1. The van der Waals surface area contributed by atoms with Crippen molar-refractivity contribution in [1.29, 1.82) is 0 Å². The number of halogens is 2. The molecule has 0 amide bonds. The summed E-state index contributed by atoms with van der Waals surface area (Å²) in [5.74, 6) is -0.123. The average molecular weight is 282 g/mol. The molecule has 6 heteroatoms. The van der Waals surface area contributed by atoms with Gasteiger partial charge < -0.3 is 4.74 Å². The molecule has 3 nitrogen and oxygen atoms in total. The predicted octanol–water partition coefficient (Wildman–Crippen LogP) is 3.34. The molecule has 19 heavy (non-hydrogen) atoms. The van der Waals surface area contributed by atoms with Crippen LogP contribution in [0.2, 0.25) is 0 Å². The van der Waals surface area contributed by atoms with Crippen molar-refractivity contribution >= 4 is 17.3 Å². The van der Waals surface area contributed by atoms with E-state index >= 15 is 0 Å². The van der Waals surface area contributed by atoms with E-state index in [2.05, 4.69) is 10.4 Å². The minimum absolute atomic E-state index is 0.169. The highest BCUT2D eigenvalue weighted by atomic mass is 32.1. The summed E-state index contributed by atoms with van der Waals surface area (Å²) in [6, 6.07) is 7.01. The maximum absolute atomic E-state index is 12.3. The Morgan fingerprint density at radius 1 is 1.53 bits per heavy atom. The zero-order valence-electron chi connectivity index (χ0n) is 10.0. The number of ether oxygens (including phenoxy) is 1. The fraction of sp³-hybridized carbons (Fsp3) is 0.231. The van der Waals surface area contributed by atoms with Crippen LogP contribution in [0, 0.1) is 12.3 Å². The highest BCUT2D eigenvalue weighted by molar-refractivity contribution is 7.09. The molecule has 1 aromatic carbocycles. The molecule has 0 aliphatic carbocycles. The molecule has 2 rings (SSSR count). The Morgan fingerprint density at radius 2 is 2.32 bits per heavy atom. The fourth-order valence-corrected chi connectivity index (χ4v) is 2.03. The van der Waals surface area contributed by atoms with Crippen LogP contribution in [0.1, 0.15) is 22.7 Å². The lowest BCUT2D eigenvalue weighted by Crippen LogP contribution is -2.11. The van der Waals surface area contributed by atoms with Gasteiger partial charge in [0.1, 0.15) is 5.75 Å². The smallest absolute Gasteiger partial charge is 0.317 e. The predicted molar refractivity (Wildman–Crippen MR) is 66.4 cm³/mol. The molecule has 0 bridgehead atoms. The first kappa shape index (κ1) is 13.6. The number of rotatable bonds is 4. The maximum Gasteiger partial charge on any atom is 0.317 e. The Morgan fingerprint density at radius 3 is 2.95 bits per heavy atom. The lowest BCUT2D eigenvalue weighted by Gasteiger charge is -2.03. The van der Waals surface area contributed by atoms with Crippen LogP contribution < -0.4 is 4.74 Å². The van der Waals surface area contributed by atoms with E-state index in [4.69, 9.17) is 4.74 Å². The summed E-state index contributed by atoms with van der Waals surface area (Å²) in [6.45, 7) is 1.88. The average Bonchev–Trinajstić information content (AvgIpc) is 2.77.